The van der Waals surface area contributed by atoms with Crippen molar-refractivity contribution < 1.29 is 9.59 Å². The lowest BCUT2D eigenvalue weighted by Gasteiger charge is -2.37. The lowest BCUT2D eigenvalue weighted by molar-refractivity contribution is -0.139. The predicted molar refractivity (Wildman–Crippen MR) is 103 cm³/mol. The fourth-order valence-corrected chi connectivity index (χ4v) is 4.24. The van der Waals surface area contributed by atoms with Gasteiger partial charge in [-0.2, -0.15) is 0 Å². The minimum absolute atomic E-state index is 0.103. The van der Waals surface area contributed by atoms with E-state index in [0.29, 0.717) is 5.92 Å². The first-order chi connectivity index (χ1) is 12.5. The molecule has 1 aromatic rings. The number of carbonyl (C=O) groups excluding carboxylic acids is 2. The molecule has 0 spiro atoms. The average molecular weight is 357 g/mol. The number of nitrogens with zero attached hydrogens (tertiary/aromatic N) is 2. The van der Waals surface area contributed by atoms with E-state index < -0.39 is 0 Å². The molecule has 1 aliphatic carbocycles. The van der Waals surface area contributed by atoms with Crippen molar-refractivity contribution in [2.75, 3.05) is 26.2 Å². The van der Waals surface area contributed by atoms with Crippen LogP contribution in [0.15, 0.2) is 24.3 Å². The third-order valence-electron chi connectivity index (χ3n) is 5.84. The van der Waals surface area contributed by atoms with Crippen LogP contribution in [0.3, 0.4) is 0 Å². The predicted octanol–water partition coefficient (Wildman–Crippen LogP) is 2.33. The quantitative estimate of drug-likeness (QED) is 0.880. The molecule has 3 rings (SSSR count). The van der Waals surface area contributed by atoms with Crippen LogP contribution in [-0.2, 0) is 16.1 Å². The maximum Gasteiger partial charge on any atom is 0.245 e. The highest BCUT2D eigenvalue weighted by molar-refractivity contribution is 5.87. The van der Waals surface area contributed by atoms with Crippen molar-refractivity contribution in [3.8, 4) is 0 Å². The SMILES string of the molecule is CC(=O)NC(C(=O)N1CCN(Cc2ccccc2C)CC1)C1CCCC1. The summed E-state index contributed by atoms with van der Waals surface area (Å²) in [6.07, 6.45) is 4.42. The number of piperazine rings is 1. The fourth-order valence-electron chi connectivity index (χ4n) is 4.24. The molecule has 1 unspecified atom stereocenters. The average Bonchev–Trinajstić information content (AvgIpc) is 3.16. The molecule has 1 saturated carbocycles. The maximum absolute atomic E-state index is 13.0. The Morgan fingerprint density at radius 3 is 2.38 bits per heavy atom. The van der Waals surface area contributed by atoms with Crippen LogP contribution in [0.2, 0.25) is 0 Å². The molecule has 0 bridgehead atoms. The number of rotatable bonds is 5. The smallest absolute Gasteiger partial charge is 0.245 e. The summed E-state index contributed by atoms with van der Waals surface area (Å²) >= 11 is 0. The van der Waals surface area contributed by atoms with Gasteiger partial charge in [-0.3, -0.25) is 14.5 Å². The van der Waals surface area contributed by atoms with Gasteiger partial charge in [-0.15, -0.1) is 0 Å². The van der Waals surface area contributed by atoms with Gasteiger partial charge in [0, 0.05) is 39.6 Å². The second-order valence-electron chi connectivity index (χ2n) is 7.75. The van der Waals surface area contributed by atoms with E-state index in [1.54, 1.807) is 0 Å². The molecule has 2 fully saturated rings. The van der Waals surface area contributed by atoms with Crippen molar-refractivity contribution in [3.63, 3.8) is 0 Å². The molecule has 2 aliphatic rings. The first-order valence-corrected chi connectivity index (χ1v) is 9.87. The summed E-state index contributed by atoms with van der Waals surface area (Å²) in [5.41, 5.74) is 2.67. The van der Waals surface area contributed by atoms with E-state index in [2.05, 4.69) is 41.4 Å². The number of benzene rings is 1. The Balaban J connectivity index is 1.56. The second-order valence-corrected chi connectivity index (χ2v) is 7.75. The summed E-state index contributed by atoms with van der Waals surface area (Å²) in [6.45, 7) is 7.85. The Bertz CT molecular complexity index is 632. The highest BCUT2D eigenvalue weighted by Crippen LogP contribution is 2.29. The van der Waals surface area contributed by atoms with Crippen LogP contribution in [0.5, 0.6) is 0 Å². The minimum Gasteiger partial charge on any atom is -0.344 e. The molecule has 1 aliphatic heterocycles. The molecule has 0 aromatic heterocycles. The molecule has 1 heterocycles. The molecule has 1 saturated heterocycles. The van der Waals surface area contributed by atoms with Crippen LogP contribution in [-0.4, -0.2) is 53.8 Å². The van der Waals surface area contributed by atoms with E-state index in [1.165, 1.54) is 18.1 Å². The molecular formula is C21H31N3O2. The minimum atomic E-state index is -0.335. The summed E-state index contributed by atoms with van der Waals surface area (Å²) in [7, 11) is 0. The Hall–Kier alpha value is -1.88. The van der Waals surface area contributed by atoms with Gasteiger partial charge in [0.05, 0.1) is 0 Å². The van der Waals surface area contributed by atoms with Crippen molar-refractivity contribution >= 4 is 11.8 Å². The molecule has 1 aromatic carbocycles. The van der Waals surface area contributed by atoms with Gasteiger partial charge >= 0.3 is 0 Å². The van der Waals surface area contributed by atoms with Crippen molar-refractivity contribution in [1.29, 1.82) is 0 Å². The normalized spacial score (nSPS) is 20.2. The number of nitrogens with one attached hydrogen (secondary N) is 1. The second kappa shape index (κ2) is 8.67. The lowest BCUT2D eigenvalue weighted by atomic mass is 9.96. The molecule has 2 amide bonds. The van der Waals surface area contributed by atoms with Crippen molar-refractivity contribution in [2.45, 2.75) is 52.1 Å². The van der Waals surface area contributed by atoms with Gasteiger partial charge in [0.25, 0.3) is 0 Å². The zero-order valence-electron chi connectivity index (χ0n) is 16.0. The highest BCUT2D eigenvalue weighted by Gasteiger charge is 2.35. The van der Waals surface area contributed by atoms with Crippen molar-refractivity contribution in [2.24, 2.45) is 5.92 Å². The van der Waals surface area contributed by atoms with Gasteiger partial charge in [0.15, 0.2) is 0 Å². The first-order valence-electron chi connectivity index (χ1n) is 9.87. The third kappa shape index (κ3) is 4.64. The van der Waals surface area contributed by atoms with Gasteiger partial charge < -0.3 is 10.2 Å². The van der Waals surface area contributed by atoms with Crippen LogP contribution < -0.4 is 5.32 Å². The van der Waals surface area contributed by atoms with Gasteiger partial charge in [-0.1, -0.05) is 37.1 Å². The molecule has 26 heavy (non-hydrogen) atoms. The maximum atomic E-state index is 13.0. The van der Waals surface area contributed by atoms with Crippen LogP contribution in [0.25, 0.3) is 0 Å². The van der Waals surface area contributed by atoms with Gasteiger partial charge in [0.2, 0.25) is 11.8 Å². The van der Waals surface area contributed by atoms with Crippen LogP contribution in [0.4, 0.5) is 0 Å². The number of amides is 2. The number of carbonyl (C=O) groups is 2. The van der Waals surface area contributed by atoms with Crippen LogP contribution in [0.1, 0.15) is 43.7 Å². The number of aryl methyl sites for hydroxylation is 1. The molecule has 0 radical (unpaired) electrons. The Morgan fingerprint density at radius 1 is 1.12 bits per heavy atom. The third-order valence-corrected chi connectivity index (χ3v) is 5.84. The monoisotopic (exact) mass is 357 g/mol. The molecule has 5 nitrogen and oxygen atoms in total. The first kappa shape index (κ1) is 18.9. The Morgan fingerprint density at radius 2 is 1.77 bits per heavy atom. The number of hydrogen-bond donors (Lipinski definition) is 1. The van der Waals surface area contributed by atoms with Crippen molar-refractivity contribution in [3.05, 3.63) is 35.4 Å². The van der Waals surface area contributed by atoms with E-state index in [9.17, 15) is 9.59 Å². The summed E-state index contributed by atoms with van der Waals surface area (Å²) in [5.74, 6) is 0.312. The summed E-state index contributed by atoms with van der Waals surface area (Å²) < 4.78 is 0. The summed E-state index contributed by atoms with van der Waals surface area (Å²) in [5, 5.41) is 2.93. The van der Waals surface area contributed by atoms with Crippen molar-refractivity contribution in [1.82, 2.24) is 15.1 Å². The lowest BCUT2D eigenvalue weighted by Crippen LogP contribution is -2.56. The van der Waals surface area contributed by atoms with Gasteiger partial charge in [-0.25, -0.2) is 0 Å². The fraction of sp³-hybridized carbons (Fsp3) is 0.619. The molecule has 1 atom stereocenters. The number of hydrogen-bond acceptors (Lipinski definition) is 3. The Kier molecular flexibility index (Phi) is 6.30. The molecule has 1 N–H and O–H groups in total. The molecule has 142 valence electrons. The summed E-state index contributed by atoms with van der Waals surface area (Å²) in [4.78, 5) is 29.0. The topological polar surface area (TPSA) is 52.7 Å². The zero-order chi connectivity index (χ0) is 18.5. The Labute approximate surface area is 156 Å². The van der Waals surface area contributed by atoms with E-state index >= 15 is 0 Å². The molecular weight excluding hydrogens is 326 g/mol. The van der Waals surface area contributed by atoms with E-state index in [4.69, 9.17) is 0 Å². The van der Waals surface area contributed by atoms with Crippen LogP contribution >= 0.6 is 0 Å². The van der Waals surface area contributed by atoms with E-state index in [-0.39, 0.29) is 17.9 Å². The zero-order valence-corrected chi connectivity index (χ0v) is 16.0. The largest absolute Gasteiger partial charge is 0.344 e. The summed E-state index contributed by atoms with van der Waals surface area (Å²) in [6, 6.07) is 8.15. The van der Waals surface area contributed by atoms with Gasteiger partial charge in [0.1, 0.15) is 6.04 Å². The van der Waals surface area contributed by atoms with E-state index in [1.807, 2.05) is 4.90 Å². The molecule has 5 heteroatoms. The van der Waals surface area contributed by atoms with Gasteiger partial charge in [-0.05, 0) is 36.8 Å². The van der Waals surface area contributed by atoms with Crippen LogP contribution in [0, 0.1) is 12.8 Å². The van der Waals surface area contributed by atoms with E-state index in [0.717, 1.165) is 58.4 Å². The standard InChI is InChI=1S/C21H31N3O2/c1-16-7-3-4-10-19(16)15-23-11-13-24(14-12-23)21(26)20(22-17(2)25)18-8-5-6-9-18/h3-4,7,10,18,20H,5-6,8-9,11-15H2,1-2H3,(H,22,25). The highest BCUT2D eigenvalue weighted by atomic mass is 16.2.